The van der Waals surface area contributed by atoms with E-state index in [1.165, 1.54) is 13.0 Å². The standard InChI is InChI=1S/C17H24N2O4/c1-3-4-5-6-10-15(16(18)21)19-17(22)13-8-7-9-14(11-13)23-12(2)20/h7-9,11,15H,3-6,10H2,1-2H3,(H2,18,21)(H,19,22)/t15-/m0/s1. The van der Waals surface area contributed by atoms with E-state index in [-0.39, 0.29) is 5.75 Å². The number of primary amides is 1. The third-order valence-electron chi connectivity index (χ3n) is 3.35. The van der Waals surface area contributed by atoms with Crippen molar-refractivity contribution in [3.05, 3.63) is 29.8 Å². The van der Waals surface area contributed by atoms with Crippen LogP contribution in [0.1, 0.15) is 56.3 Å². The molecule has 0 radical (unpaired) electrons. The molecule has 126 valence electrons. The molecular weight excluding hydrogens is 296 g/mol. The van der Waals surface area contributed by atoms with Gasteiger partial charge in [0, 0.05) is 12.5 Å². The van der Waals surface area contributed by atoms with Crippen molar-refractivity contribution in [1.29, 1.82) is 0 Å². The third-order valence-corrected chi connectivity index (χ3v) is 3.35. The molecule has 0 saturated carbocycles. The Labute approximate surface area is 136 Å². The van der Waals surface area contributed by atoms with Crippen molar-refractivity contribution in [3.63, 3.8) is 0 Å². The fourth-order valence-electron chi connectivity index (χ4n) is 2.17. The zero-order valence-corrected chi connectivity index (χ0v) is 13.6. The van der Waals surface area contributed by atoms with Crippen molar-refractivity contribution in [1.82, 2.24) is 5.32 Å². The normalized spacial score (nSPS) is 11.6. The molecule has 1 aromatic rings. The van der Waals surface area contributed by atoms with Crippen LogP contribution < -0.4 is 15.8 Å². The van der Waals surface area contributed by atoms with E-state index in [4.69, 9.17) is 10.5 Å². The molecule has 23 heavy (non-hydrogen) atoms. The lowest BCUT2D eigenvalue weighted by atomic mass is 10.1. The Bertz CT molecular complexity index is 557. The Hall–Kier alpha value is -2.37. The third kappa shape index (κ3) is 6.95. The van der Waals surface area contributed by atoms with Gasteiger partial charge in [0.2, 0.25) is 5.91 Å². The predicted octanol–water partition coefficient (Wildman–Crippen LogP) is 2.17. The number of ether oxygens (including phenoxy) is 1. The summed E-state index contributed by atoms with van der Waals surface area (Å²) < 4.78 is 4.94. The topological polar surface area (TPSA) is 98.5 Å². The quantitative estimate of drug-likeness (QED) is 0.414. The van der Waals surface area contributed by atoms with Gasteiger partial charge in [0.25, 0.3) is 5.91 Å². The molecule has 0 aliphatic heterocycles. The second-order valence-corrected chi connectivity index (χ2v) is 5.40. The zero-order chi connectivity index (χ0) is 17.2. The second-order valence-electron chi connectivity index (χ2n) is 5.40. The fourth-order valence-corrected chi connectivity index (χ4v) is 2.17. The van der Waals surface area contributed by atoms with Gasteiger partial charge in [-0.1, -0.05) is 38.7 Å². The molecule has 0 heterocycles. The SMILES string of the molecule is CCCCCC[C@H](NC(=O)c1cccc(OC(C)=O)c1)C(N)=O. The van der Waals surface area contributed by atoms with E-state index in [1.807, 2.05) is 0 Å². The van der Waals surface area contributed by atoms with Gasteiger partial charge in [-0.25, -0.2) is 0 Å². The average molecular weight is 320 g/mol. The number of nitrogens with one attached hydrogen (secondary N) is 1. The maximum Gasteiger partial charge on any atom is 0.308 e. The highest BCUT2D eigenvalue weighted by Crippen LogP contribution is 2.14. The Kier molecular flexibility index (Phi) is 7.80. The first kappa shape index (κ1) is 18.7. The lowest BCUT2D eigenvalue weighted by molar-refractivity contribution is -0.131. The van der Waals surface area contributed by atoms with Crippen LogP contribution in [-0.2, 0) is 9.59 Å². The van der Waals surface area contributed by atoms with Gasteiger partial charge in [-0.3, -0.25) is 14.4 Å². The maximum atomic E-state index is 12.2. The molecule has 1 atom stereocenters. The molecule has 1 aromatic carbocycles. The molecule has 6 nitrogen and oxygen atoms in total. The number of rotatable bonds is 9. The van der Waals surface area contributed by atoms with E-state index in [1.54, 1.807) is 18.2 Å². The van der Waals surface area contributed by atoms with E-state index in [0.717, 1.165) is 25.7 Å². The van der Waals surface area contributed by atoms with Crippen molar-refractivity contribution in [3.8, 4) is 5.75 Å². The first-order chi connectivity index (χ1) is 10.9. The second kappa shape index (κ2) is 9.61. The number of amides is 2. The number of benzene rings is 1. The van der Waals surface area contributed by atoms with Crippen LogP contribution in [0.3, 0.4) is 0 Å². The lowest BCUT2D eigenvalue weighted by Crippen LogP contribution is -2.44. The number of esters is 1. The molecule has 6 heteroatoms. The Balaban J connectivity index is 2.67. The van der Waals surface area contributed by atoms with Gasteiger partial charge in [0.05, 0.1) is 0 Å². The largest absolute Gasteiger partial charge is 0.427 e. The number of carbonyl (C=O) groups excluding carboxylic acids is 3. The Morgan fingerprint density at radius 2 is 1.96 bits per heavy atom. The fraction of sp³-hybridized carbons (Fsp3) is 0.471. The van der Waals surface area contributed by atoms with Crippen LogP contribution in [-0.4, -0.2) is 23.8 Å². The number of carbonyl (C=O) groups is 3. The first-order valence-electron chi connectivity index (χ1n) is 7.82. The van der Waals surface area contributed by atoms with Crippen LogP contribution in [0.5, 0.6) is 5.75 Å². The van der Waals surface area contributed by atoms with E-state index in [9.17, 15) is 14.4 Å². The van der Waals surface area contributed by atoms with Crippen molar-refractivity contribution < 1.29 is 19.1 Å². The molecule has 0 unspecified atom stereocenters. The minimum Gasteiger partial charge on any atom is -0.427 e. The van der Waals surface area contributed by atoms with Gasteiger partial charge in [0.1, 0.15) is 11.8 Å². The summed E-state index contributed by atoms with van der Waals surface area (Å²) in [5.41, 5.74) is 5.66. The number of unbranched alkanes of at least 4 members (excludes halogenated alkanes) is 3. The minimum absolute atomic E-state index is 0.281. The van der Waals surface area contributed by atoms with Crippen LogP contribution >= 0.6 is 0 Å². The van der Waals surface area contributed by atoms with Gasteiger partial charge >= 0.3 is 5.97 Å². The molecule has 3 N–H and O–H groups in total. The van der Waals surface area contributed by atoms with Crippen molar-refractivity contribution in [2.24, 2.45) is 5.73 Å². The van der Waals surface area contributed by atoms with Gasteiger partial charge < -0.3 is 15.8 Å². The van der Waals surface area contributed by atoms with Crippen molar-refractivity contribution >= 4 is 17.8 Å². The van der Waals surface area contributed by atoms with Crippen LogP contribution in [0, 0.1) is 0 Å². The summed E-state index contributed by atoms with van der Waals surface area (Å²) in [6.45, 7) is 3.38. The summed E-state index contributed by atoms with van der Waals surface area (Å²) in [6, 6.07) is 5.52. The van der Waals surface area contributed by atoms with E-state index in [2.05, 4.69) is 12.2 Å². The molecular formula is C17H24N2O4. The van der Waals surface area contributed by atoms with Gasteiger partial charge in [-0.2, -0.15) is 0 Å². The molecule has 0 aliphatic carbocycles. The van der Waals surface area contributed by atoms with Crippen LogP contribution in [0.4, 0.5) is 0 Å². The summed E-state index contributed by atoms with van der Waals surface area (Å²) in [4.78, 5) is 34.7. The van der Waals surface area contributed by atoms with Crippen molar-refractivity contribution in [2.45, 2.75) is 52.0 Å². The highest BCUT2D eigenvalue weighted by Gasteiger charge is 2.18. The highest BCUT2D eigenvalue weighted by atomic mass is 16.5. The zero-order valence-electron chi connectivity index (χ0n) is 13.6. The molecule has 1 rings (SSSR count). The van der Waals surface area contributed by atoms with Crippen LogP contribution in [0.2, 0.25) is 0 Å². The Morgan fingerprint density at radius 1 is 1.22 bits per heavy atom. The van der Waals surface area contributed by atoms with Crippen LogP contribution in [0.15, 0.2) is 24.3 Å². The Morgan fingerprint density at radius 3 is 2.57 bits per heavy atom. The number of hydrogen-bond donors (Lipinski definition) is 2. The number of hydrogen-bond acceptors (Lipinski definition) is 4. The van der Waals surface area contributed by atoms with Gasteiger partial charge in [-0.15, -0.1) is 0 Å². The summed E-state index contributed by atoms with van der Waals surface area (Å²) in [5.74, 6) is -1.15. The molecule has 0 bridgehead atoms. The minimum atomic E-state index is -0.697. The van der Waals surface area contributed by atoms with Gasteiger partial charge in [-0.05, 0) is 24.6 Å². The highest BCUT2D eigenvalue weighted by molar-refractivity contribution is 5.97. The van der Waals surface area contributed by atoms with Crippen LogP contribution in [0.25, 0.3) is 0 Å². The number of nitrogens with two attached hydrogens (primary N) is 1. The van der Waals surface area contributed by atoms with E-state index in [0.29, 0.717) is 12.0 Å². The summed E-state index contributed by atoms with van der Waals surface area (Å²) in [6.07, 6.45) is 4.53. The molecule has 0 fully saturated rings. The van der Waals surface area contributed by atoms with Crippen molar-refractivity contribution in [2.75, 3.05) is 0 Å². The molecule has 0 saturated heterocycles. The maximum absolute atomic E-state index is 12.2. The monoisotopic (exact) mass is 320 g/mol. The average Bonchev–Trinajstić information content (AvgIpc) is 2.49. The predicted molar refractivity (Wildman–Crippen MR) is 87.0 cm³/mol. The summed E-state index contributed by atoms with van der Waals surface area (Å²) in [5, 5.41) is 2.64. The molecule has 2 amide bonds. The van der Waals surface area contributed by atoms with Gasteiger partial charge in [0.15, 0.2) is 0 Å². The summed E-state index contributed by atoms with van der Waals surface area (Å²) >= 11 is 0. The first-order valence-corrected chi connectivity index (χ1v) is 7.82. The lowest BCUT2D eigenvalue weighted by Gasteiger charge is -2.15. The van der Waals surface area contributed by atoms with E-state index < -0.39 is 23.8 Å². The molecule has 0 aromatic heterocycles. The summed E-state index contributed by atoms with van der Waals surface area (Å²) in [7, 11) is 0. The molecule has 0 spiro atoms. The smallest absolute Gasteiger partial charge is 0.308 e. The molecule has 0 aliphatic rings. The van der Waals surface area contributed by atoms with E-state index >= 15 is 0 Å².